The third-order valence-electron chi connectivity index (χ3n) is 19.9. The monoisotopic (exact) mass is 1930 g/mol. The lowest BCUT2D eigenvalue weighted by Crippen LogP contribution is -2.17. The highest BCUT2D eigenvalue weighted by Crippen LogP contribution is 2.28. The first-order chi connectivity index (χ1) is 69.4. The summed E-state index contributed by atoms with van der Waals surface area (Å²) in [6.45, 7) is 7.99. The largest absolute Gasteiger partial charge is 0.383 e. The molecular weight excluding hydrogens is 1830 g/mol. The molecule has 1 atom stereocenters. The van der Waals surface area contributed by atoms with Gasteiger partial charge in [-0.3, -0.25) is 28.8 Å². The van der Waals surface area contributed by atoms with Crippen LogP contribution in [0.25, 0.3) is 0 Å². The first-order valence-electron chi connectivity index (χ1n) is 44.5. The number of nitrogens with zero attached hydrogens (tertiary/aromatic N) is 12. The second kappa shape index (κ2) is 55.2. The summed E-state index contributed by atoms with van der Waals surface area (Å²) in [4.78, 5) is 120. The van der Waals surface area contributed by atoms with E-state index in [1.807, 2.05) is 213 Å². The standard InChI is InChI=1S/C20H21N5O.C19H19N5O.C18H15F2N5O.C18H16FN5O.C14H17N5O2.C14H17N5O/c1-14(15-8-4-2-5-9-15)12-22-20-23-13-17(18(21)26)19(25-20)24-16-10-6-3-7-11-16;20-17(25)16-13-22-19(21-12-11-14-7-3-1-4-8-14)24-18(16)23-15-9-5-2-6-10-15;19-14-7-6-11(8-15(14)20)9-22-18-23-10-13(16(21)26)17(25-18)24-12-4-2-1-3-5-12;19-13-8-6-12(7-9-13)10-21-18-22-11-15(16(20)25)17(24-18)23-14-4-2-1-3-5-14;1-21-8-7-16-14-17-9-11(12(15)20)13(19-14)18-10-5-3-2-4-6-10;1-2-8-16-14-17-9-11(12(15)20)13(19-14)18-10-6-4-3-5-7-10/h2-11,13-14H,12H2,1H3,(H2,21,26)(H2,22,23,24,25);1-10,13H,11-12H2,(H2,20,25)(H2,21,22,23,24);1-8,10H,9H2,(H2,21,26)(H2,22,23,24,25);1-9,11H,10H2,(H2,20,25)(H2,21,22,23,24);2-6,9H,7-8H2,1H3,(H2,15,20)(H2,16,17,18,19);3-7,9H,2,8H2,1H3,(H2,15,20)(H2,16,17,18,19). The zero-order chi connectivity index (χ0) is 101. The van der Waals surface area contributed by atoms with Gasteiger partial charge in [0.2, 0.25) is 35.7 Å². The average molecular weight is 1930 g/mol. The third kappa shape index (κ3) is 34.6. The maximum atomic E-state index is 13.3. The number of ether oxygens (including phenoxy) is 1. The lowest BCUT2D eigenvalue weighted by molar-refractivity contribution is 0.0992. The summed E-state index contributed by atoms with van der Waals surface area (Å²) in [5.74, 6) is -1.06. The number of para-hydroxylation sites is 6. The zero-order valence-corrected chi connectivity index (χ0v) is 77.9. The second-order valence-corrected chi connectivity index (χ2v) is 30.7. The predicted molar refractivity (Wildman–Crippen MR) is 550 cm³/mol. The number of amides is 6. The average Bonchev–Trinajstić information content (AvgIpc) is 1.21. The Bertz CT molecular complexity index is 6790. The van der Waals surface area contributed by atoms with E-state index in [-0.39, 0.29) is 57.5 Å². The van der Waals surface area contributed by atoms with Gasteiger partial charge in [-0.15, -0.1) is 0 Å². The number of hydrogen-bond donors (Lipinski definition) is 18. The molecule has 0 aliphatic heterocycles. The summed E-state index contributed by atoms with van der Waals surface area (Å²) in [5.41, 5.74) is 42.2. The van der Waals surface area contributed by atoms with Crippen LogP contribution >= 0.6 is 0 Å². The predicted octanol–water partition coefficient (Wildman–Crippen LogP) is 16.3. The Kier molecular flexibility index (Phi) is 40.2. The number of carbonyl (C=O) groups excluding carboxylic acids is 6. The number of nitrogens with two attached hydrogens (primary N) is 6. The third-order valence-corrected chi connectivity index (χ3v) is 19.9. The summed E-state index contributed by atoms with van der Waals surface area (Å²) in [5, 5.41) is 36.8. The van der Waals surface area contributed by atoms with Crippen LogP contribution < -0.4 is 98.2 Å². The molecular formula is C103H105F3N30O7. The molecule has 0 aliphatic rings. The molecule has 16 rings (SSSR count). The van der Waals surface area contributed by atoms with Gasteiger partial charge in [-0.25, -0.2) is 43.1 Å². The van der Waals surface area contributed by atoms with E-state index in [1.165, 1.54) is 66.5 Å². The van der Waals surface area contributed by atoms with E-state index in [1.54, 1.807) is 31.4 Å². The lowest BCUT2D eigenvalue weighted by atomic mass is 10.0. The van der Waals surface area contributed by atoms with Crippen molar-refractivity contribution >= 4 is 140 Å². The van der Waals surface area contributed by atoms with E-state index in [2.05, 4.69) is 155 Å². The van der Waals surface area contributed by atoms with E-state index in [0.29, 0.717) is 103 Å². The minimum Gasteiger partial charge on any atom is -0.383 e. The van der Waals surface area contributed by atoms with Gasteiger partial charge < -0.3 is 103 Å². The van der Waals surface area contributed by atoms with Crippen LogP contribution in [0.4, 0.5) is 118 Å². The van der Waals surface area contributed by atoms with Gasteiger partial charge in [0.1, 0.15) is 74.1 Å². The van der Waals surface area contributed by atoms with Crippen molar-refractivity contribution in [2.45, 2.75) is 45.7 Å². The number of aromatic nitrogens is 12. The zero-order valence-electron chi connectivity index (χ0n) is 77.9. The van der Waals surface area contributed by atoms with Crippen molar-refractivity contribution in [3.63, 3.8) is 0 Å². The van der Waals surface area contributed by atoms with Crippen LogP contribution in [0.3, 0.4) is 0 Å². The van der Waals surface area contributed by atoms with E-state index in [4.69, 9.17) is 39.1 Å². The Morgan fingerprint density at radius 3 is 0.860 bits per heavy atom. The Morgan fingerprint density at radius 1 is 0.301 bits per heavy atom. The molecule has 6 aromatic heterocycles. The molecule has 40 heteroatoms. The quantitative estimate of drug-likeness (QED) is 0.0159. The molecule has 37 nitrogen and oxygen atoms in total. The second-order valence-electron chi connectivity index (χ2n) is 30.7. The van der Waals surface area contributed by atoms with Crippen molar-refractivity contribution in [3.05, 3.63) is 395 Å². The Morgan fingerprint density at radius 2 is 0.566 bits per heavy atom. The van der Waals surface area contributed by atoms with Crippen molar-refractivity contribution in [1.29, 1.82) is 0 Å². The highest BCUT2D eigenvalue weighted by Gasteiger charge is 2.21. The molecule has 0 fully saturated rings. The van der Waals surface area contributed by atoms with E-state index >= 15 is 0 Å². The number of benzene rings is 10. The molecule has 6 amide bonds. The summed E-state index contributed by atoms with van der Waals surface area (Å²) >= 11 is 0. The van der Waals surface area contributed by atoms with Crippen LogP contribution in [0.5, 0.6) is 0 Å². The maximum Gasteiger partial charge on any atom is 0.254 e. The Hall–Kier alpha value is -19.1. The summed E-state index contributed by atoms with van der Waals surface area (Å²) in [6.07, 6.45) is 10.2. The van der Waals surface area contributed by atoms with Gasteiger partial charge in [0, 0.05) is 118 Å². The number of anilines is 18. The maximum absolute atomic E-state index is 13.3. The summed E-state index contributed by atoms with van der Waals surface area (Å²) < 4.78 is 44.1. The smallest absolute Gasteiger partial charge is 0.254 e. The fourth-order valence-corrected chi connectivity index (χ4v) is 12.6. The van der Waals surface area contributed by atoms with Crippen LogP contribution in [0.2, 0.25) is 0 Å². The molecule has 10 aromatic carbocycles. The molecule has 1 unspecified atom stereocenters. The normalized spacial score (nSPS) is 10.5. The fourth-order valence-electron chi connectivity index (χ4n) is 12.6. The van der Waals surface area contributed by atoms with E-state index in [9.17, 15) is 41.9 Å². The van der Waals surface area contributed by atoms with Gasteiger partial charge >= 0.3 is 0 Å². The van der Waals surface area contributed by atoms with Crippen LogP contribution in [-0.4, -0.2) is 135 Å². The van der Waals surface area contributed by atoms with Crippen molar-refractivity contribution in [2.24, 2.45) is 34.4 Å². The molecule has 0 saturated heterocycles. The van der Waals surface area contributed by atoms with Crippen LogP contribution in [0.1, 0.15) is 111 Å². The molecule has 730 valence electrons. The van der Waals surface area contributed by atoms with Gasteiger partial charge in [-0.2, -0.15) is 29.9 Å². The minimum atomic E-state index is -0.930. The number of carbonyl (C=O) groups is 6. The van der Waals surface area contributed by atoms with Crippen LogP contribution in [0, 0.1) is 17.5 Å². The molecule has 0 spiro atoms. The first kappa shape index (κ1) is 104. The summed E-state index contributed by atoms with van der Waals surface area (Å²) in [7, 11) is 1.61. The first-order valence-corrected chi connectivity index (χ1v) is 44.5. The van der Waals surface area contributed by atoms with Crippen molar-refractivity contribution < 1.29 is 46.7 Å². The molecule has 0 saturated carbocycles. The molecule has 16 aromatic rings. The van der Waals surface area contributed by atoms with Gasteiger partial charge in [0.25, 0.3) is 35.4 Å². The van der Waals surface area contributed by atoms with Gasteiger partial charge in [-0.05, 0) is 138 Å². The minimum absolute atomic E-state index is 0.132. The van der Waals surface area contributed by atoms with Crippen LogP contribution in [-0.2, 0) is 24.2 Å². The number of rotatable bonds is 39. The van der Waals surface area contributed by atoms with E-state index < -0.39 is 47.1 Å². The number of hydrogen-bond acceptors (Lipinski definition) is 31. The van der Waals surface area contributed by atoms with E-state index in [0.717, 1.165) is 71.2 Å². The Labute approximate surface area is 821 Å². The number of halogens is 3. The highest BCUT2D eigenvalue weighted by atomic mass is 19.2. The van der Waals surface area contributed by atoms with Gasteiger partial charge in [0.05, 0.1) is 6.61 Å². The molecule has 0 radical (unpaired) electrons. The highest BCUT2D eigenvalue weighted by molar-refractivity contribution is 6.01. The summed E-state index contributed by atoms with van der Waals surface area (Å²) in [6, 6.07) is 86.3. The molecule has 24 N–H and O–H groups in total. The van der Waals surface area contributed by atoms with Gasteiger partial charge in [0.15, 0.2) is 11.6 Å². The van der Waals surface area contributed by atoms with Crippen molar-refractivity contribution in [2.75, 3.05) is 104 Å². The van der Waals surface area contributed by atoms with Crippen molar-refractivity contribution in [1.82, 2.24) is 59.8 Å². The number of nitrogens with one attached hydrogen (secondary N) is 12. The lowest BCUT2D eigenvalue weighted by Gasteiger charge is -2.14. The molecule has 0 bridgehead atoms. The Balaban J connectivity index is 0.000000164. The fraction of sp³-hybridized carbons (Fsp3) is 0.126. The van der Waals surface area contributed by atoms with Crippen molar-refractivity contribution in [3.8, 4) is 0 Å². The van der Waals surface area contributed by atoms with Gasteiger partial charge in [-0.1, -0.05) is 202 Å². The SMILES string of the molecule is CC(CNc1ncc(C(N)=O)c(Nc2ccccc2)n1)c1ccccc1.CCCNc1ncc(C(N)=O)c(Nc2ccccc2)n1.COCCNc1ncc(C(N)=O)c(Nc2ccccc2)n1.NC(=O)c1cnc(NCCc2ccccc2)nc1Nc1ccccc1.NC(=O)c1cnc(NCc2ccc(F)c(F)c2)nc1Nc1ccccc1.NC(=O)c1cnc(NCc2ccc(F)cc2)nc1Nc1ccccc1. The number of methoxy groups -OCH3 is 1. The molecule has 0 aliphatic carbocycles. The topological polar surface area (TPSA) is 567 Å². The van der Waals surface area contributed by atoms with Crippen LogP contribution in [0.15, 0.2) is 322 Å². The number of primary amides is 6. The molecule has 143 heavy (non-hydrogen) atoms. The molecule has 6 heterocycles.